The molecule has 2 saturated heterocycles. The van der Waals surface area contributed by atoms with E-state index in [1.807, 2.05) is 11.8 Å². The molecule has 3 nitrogen and oxygen atoms in total. The van der Waals surface area contributed by atoms with Crippen LogP contribution in [-0.2, 0) is 4.79 Å². The minimum atomic E-state index is 0.0905. The molecule has 0 aromatic carbocycles. The van der Waals surface area contributed by atoms with Crippen LogP contribution in [0.5, 0.6) is 0 Å². The molecule has 0 saturated carbocycles. The Balaban J connectivity index is 1.77. The van der Waals surface area contributed by atoms with Crippen LogP contribution in [0.1, 0.15) is 32.6 Å². The van der Waals surface area contributed by atoms with E-state index in [1.54, 1.807) is 0 Å². The fourth-order valence-electron chi connectivity index (χ4n) is 2.62. The zero-order chi connectivity index (χ0) is 11.4. The number of likely N-dealkylation sites (tertiary alicyclic amines) is 1. The van der Waals surface area contributed by atoms with Gasteiger partial charge in [0.25, 0.3) is 0 Å². The van der Waals surface area contributed by atoms with Crippen molar-refractivity contribution >= 4 is 17.7 Å². The van der Waals surface area contributed by atoms with Crippen LogP contribution in [0, 0.1) is 5.92 Å². The minimum absolute atomic E-state index is 0.0905. The maximum absolute atomic E-state index is 12.1. The molecule has 1 N–H and O–H groups in total. The zero-order valence-electron chi connectivity index (χ0n) is 10.1. The first-order chi connectivity index (χ1) is 7.81. The van der Waals surface area contributed by atoms with Gasteiger partial charge in [0.1, 0.15) is 0 Å². The van der Waals surface area contributed by atoms with E-state index in [2.05, 4.69) is 17.1 Å². The van der Waals surface area contributed by atoms with Gasteiger partial charge in [0.2, 0.25) is 5.91 Å². The molecule has 1 amide bonds. The molecule has 0 aromatic heterocycles. The number of nitrogens with one attached hydrogen (secondary N) is 1. The quantitative estimate of drug-likeness (QED) is 0.817. The molecule has 2 aliphatic heterocycles. The van der Waals surface area contributed by atoms with Gasteiger partial charge in [0.15, 0.2) is 0 Å². The summed E-state index contributed by atoms with van der Waals surface area (Å²) in [6.07, 6.45) is 5.03. The highest BCUT2D eigenvalue weighted by molar-refractivity contribution is 7.99. The molecule has 2 aliphatic rings. The summed E-state index contributed by atoms with van der Waals surface area (Å²) in [5.74, 6) is 3.08. The van der Waals surface area contributed by atoms with Crippen LogP contribution < -0.4 is 5.32 Å². The van der Waals surface area contributed by atoms with Crippen molar-refractivity contribution in [1.29, 1.82) is 0 Å². The molecule has 0 radical (unpaired) electrons. The lowest BCUT2D eigenvalue weighted by molar-refractivity contribution is -0.134. The predicted molar refractivity (Wildman–Crippen MR) is 68.5 cm³/mol. The molecule has 16 heavy (non-hydrogen) atoms. The Labute approximate surface area is 102 Å². The highest BCUT2D eigenvalue weighted by Gasteiger charge is 2.29. The van der Waals surface area contributed by atoms with Gasteiger partial charge < -0.3 is 4.90 Å². The Morgan fingerprint density at radius 1 is 1.44 bits per heavy atom. The van der Waals surface area contributed by atoms with Gasteiger partial charge in [-0.25, -0.2) is 0 Å². The van der Waals surface area contributed by atoms with Gasteiger partial charge in [-0.15, -0.1) is 11.8 Å². The summed E-state index contributed by atoms with van der Waals surface area (Å²) >= 11 is 1.82. The summed E-state index contributed by atoms with van der Waals surface area (Å²) in [7, 11) is 0. The highest BCUT2D eigenvalue weighted by atomic mass is 32.2. The molecule has 2 fully saturated rings. The van der Waals surface area contributed by atoms with Crippen molar-refractivity contribution in [3.05, 3.63) is 0 Å². The first kappa shape index (κ1) is 12.2. The number of amides is 1. The van der Waals surface area contributed by atoms with Gasteiger partial charge in [0.05, 0.1) is 6.04 Å². The molecular weight excluding hydrogens is 220 g/mol. The van der Waals surface area contributed by atoms with Crippen LogP contribution in [0.25, 0.3) is 0 Å². The number of thioether (sulfide) groups is 1. The monoisotopic (exact) mass is 242 g/mol. The van der Waals surface area contributed by atoms with Crippen LogP contribution >= 0.6 is 11.8 Å². The maximum Gasteiger partial charge on any atom is 0.240 e. The number of carbonyl (C=O) groups excluding carboxylic acids is 1. The Morgan fingerprint density at radius 2 is 2.19 bits per heavy atom. The molecule has 0 aromatic rings. The van der Waals surface area contributed by atoms with Crippen molar-refractivity contribution in [2.45, 2.75) is 38.6 Å². The van der Waals surface area contributed by atoms with Crippen molar-refractivity contribution in [1.82, 2.24) is 10.2 Å². The molecule has 0 aliphatic carbocycles. The lowest BCUT2D eigenvalue weighted by Gasteiger charge is -2.33. The normalized spacial score (nSPS) is 27.3. The van der Waals surface area contributed by atoms with E-state index in [-0.39, 0.29) is 6.04 Å². The molecule has 0 spiro atoms. The molecule has 4 heteroatoms. The summed E-state index contributed by atoms with van der Waals surface area (Å²) in [5, 5.41) is 3.26. The number of nitrogens with zero attached hydrogens (tertiary/aromatic N) is 1. The molecule has 2 heterocycles. The Hall–Kier alpha value is -0.220. The highest BCUT2D eigenvalue weighted by Crippen LogP contribution is 2.23. The van der Waals surface area contributed by atoms with E-state index in [9.17, 15) is 4.79 Å². The lowest BCUT2D eigenvalue weighted by Crippen LogP contribution is -2.48. The average molecular weight is 242 g/mol. The second kappa shape index (κ2) is 5.92. The number of rotatable bonds is 3. The second-order valence-corrected chi connectivity index (χ2v) is 5.86. The van der Waals surface area contributed by atoms with Gasteiger partial charge in [-0.1, -0.05) is 19.8 Å². The number of hydrogen-bond acceptors (Lipinski definition) is 3. The van der Waals surface area contributed by atoms with Gasteiger partial charge in [-0.3, -0.25) is 10.1 Å². The van der Waals surface area contributed by atoms with Crippen molar-refractivity contribution in [3.8, 4) is 0 Å². The third-order valence-electron chi connectivity index (χ3n) is 3.64. The van der Waals surface area contributed by atoms with Crippen LogP contribution in [0.4, 0.5) is 0 Å². The summed E-state index contributed by atoms with van der Waals surface area (Å²) < 4.78 is 0. The van der Waals surface area contributed by atoms with Crippen molar-refractivity contribution in [3.63, 3.8) is 0 Å². The molecular formula is C12H22N2OS. The fourth-order valence-corrected chi connectivity index (χ4v) is 3.56. The lowest BCUT2D eigenvalue weighted by atomic mass is 9.92. The maximum atomic E-state index is 12.1. The first-order valence-corrected chi connectivity index (χ1v) is 7.56. The van der Waals surface area contributed by atoms with Crippen LogP contribution in [0.15, 0.2) is 0 Å². The van der Waals surface area contributed by atoms with Crippen LogP contribution in [0.2, 0.25) is 0 Å². The Morgan fingerprint density at radius 3 is 2.75 bits per heavy atom. The number of carbonyl (C=O) groups is 1. The second-order valence-electron chi connectivity index (χ2n) is 4.83. The van der Waals surface area contributed by atoms with E-state index in [4.69, 9.17) is 0 Å². The topological polar surface area (TPSA) is 32.3 Å². The summed E-state index contributed by atoms with van der Waals surface area (Å²) in [6.45, 7) is 4.20. The molecule has 92 valence electrons. The van der Waals surface area contributed by atoms with Gasteiger partial charge >= 0.3 is 0 Å². The van der Waals surface area contributed by atoms with Crippen LogP contribution in [0.3, 0.4) is 0 Å². The summed E-state index contributed by atoms with van der Waals surface area (Å²) in [5.41, 5.74) is 0. The van der Waals surface area contributed by atoms with E-state index in [1.165, 1.54) is 25.7 Å². The van der Waals surface area contributed by atoms with Gasteiger partial charge in [-0.05, 0) is 18.8 Å². The van der Waals surface area contributed by atoms with E-state index in [0.29, 0.717) is 5.91 Å². The summed E-state index contributed by atoms with van der Waals surface area (Å²) in [4.78, 5) is 14.2. The zero-order valence-corrected chi connectivity index (χ0v) is 10.9. The SMILES string of the molecule is CCCC1CCN(C(=O)C2CSCN2)CC1. The third-order valence-corrected chi connectivity index (χ3v) is 4.58. The van der Waals surface area contributed by atoms with Crippen molar-refractivity contribution in [2.75, 3.05) is 24.7 Å². The van der Waals surface area contributed by atoms with E-state index in [0.717, 1.165) is 30.6 Å². The average Bonchev–Trinajstić information content (AvgIpc) is 2.83. The molecule has 0 bridgehead atoms. The van der Waals surface area contributed by atoms with Crippen LogP contribution in [-0.4, -0.2) is 41.6 Å². The van der Waals surface area contributed by atoms with E-state index < -0.39 is 0 Å². The number of hydrogen-bond donors (Lipinski definition) is 1. The molecule has 1 atom stereocenters. The smallest absolute Gasteiger partial charge is 0.240 e. The Kier molecular flexibility index (Phi) is 4.53. The predicted octanol–water partition coefficient (Wildman–Crippen LogP) is 1.69. The molecule has 1 unspecified atom stereocenters. The standard InChI is InChI=1S/C12H22N2OS/c1-2-3-10-4-6-14(7-5-10)12(15)11-8-16-9-13-11/h10-11,13H,2-9H2,1H3. The fraction of sp³-hybridized carbons (Fsp3) is 0.917. The Bertz CT molecular complexity index is 233. The first-order valence-electron chi connectivity index (χ1n) is 6.41. The largest absolute Gasteiger partial charge is 0.341 e. The minimum Gasteiger partial charge on any atom is -0.341 e. The third kappa shape index (κ3) is 2.92. The van der Waals surface area contributed by atoms with Gasteiger partial charge in [-0.2, -0.15) is 0 Å². The van der Waals surface area contributed by atoms with E-state index >= 15 is 0 Å². The molecule has 2 rings (SSSR count). The number of piperidine rings is 1. The van der Waals surface area contributed by atoms with Crippen molar-refractivity contribution in [2.24, 2.45) is 5.92 Å². The van der Waals surface area contributed by atoms with Crippen molar-refractivity contribution < 1.29 is 4.79 Å². The van der Waals surface area contributed by atoms with Gasteiger partial charge in [0, 0.05) is 24.7 Å². The summed E-state index contributed by atoms with van der Waals surface area (Å²) in [6, 6.07) is 0.0905.